The Bertz CT molecular complexity index is 372. The molecule has 1 aliphatic carbocycles. The molecule has 1 heterocycles. The third-order valence-corrected chi connectivity index (χ3v) is 3.82. The standard InChI is InChI=1S/C12H17ClN2/c1-7(2)12(5-6-12)10-8(3)14-9(4)15-11(10)13/h7H,5-6H2,1-4H3. The summed E-state index contributed by atoms with van der Waals surface area (Å²) in [6.45, 7) is 8.43. The molecule has 1 saturated carbocycles. The molecule has 0 aromatic carbocycles. The van der Waals surface area contributed by atoms with Gasteiger partial charge in [-0.2, -0.15) is 0 Å². The van der Waals surface area contributed by atoms with Crippen molar-refractivity contribution in [1.82, 2.24) is 9.97 Å². The average molecular weight is 225 g/mol. The third-order valence-electron chi connectivity index (χ3n) is 3.55. The van der Waals surface area contributed by atoms with Gasteiger partial charge < -0.3 is 0 Å². The second-order valence-electron chi connectivity index (χ2n) is 4.83. The summed E-state index contributed by atoms with van der Waals surface area (Å²) < 4.78 is 0. The summed E-state index contributed by atoms with van der Waals surface area (Å²) in [4.78, 5) is 8.70. The first-order valence-corrected chi connectivity index (χ1v) is 5.86. The molecule has 0 aliphatic heterocycles. The lowest BCUT2D eigenvalue weighted by molar-refractivity contribution is 0.475. The van der Waals surface area contributed by atoms with Crippen LogP contribution in [0.1, 0.15) is 43.8 Å². The highest BCUT2D eigenvalue weighted by molar-refractivity contribution is 6.30. The normalized spacial score (nSPS) is 18.3. The van der Waals surface area contributed by atoms with E-state index in [1.54, 1.807) is 0 Å². The topological polar surface area (TPSA) is 25.8 Å². The molecule has 0 radical (unpaired) electrons. The first-order chi connectivity index (χ1) is 6.97. The van der Waals surface area contributed by atoms with Crippen molar-refractivity contribution in [2.75, 3.05) is 0 Å². The van der Waals surface area contributed by atoms with Crippen molar-refractivity contribution in [3.05, 3.63) is 22.2 Å². The molecule has 0 atom stereocenters. The molecule has 0 amide bonds. The van der Waals surface area contributed by atoms with Gasteiger partial charge in [-0.1, -0.05) is 25.4 Å². The zero-order chi connectivity index (χ0) is 11.2. The molecular formula is C12H17ClN2. The summed E-state index contributed by atoms with van der Waals surface area (Å²) in [6.07, 6.45) is 2.44. The SMILES string of the molecule is Cc1nc(C)c(C2(C(C)C)CC2)c(Cl)n1. The Balaban J connectivity index is 2.54. The average Bonchev–Trinajstić information content (AvgIpc) is 2.83. The quantitative estimate of drug-likeness (QED) is 0.720. The van der Waals surface area contributed by atoms with Crippen molar-refractivity contribution in [3.63, 3.8) is 0 Å². The van der Waals surface area contributed by atoms with E-state index in [1.165, 1.54) is 18.4 Å². The molecule has 0 unspecified atom stereocenters. The number of nitrogens with zero attached hydrogens (tertiary/aromatic N) is 2. The second kappa shape index (κ2) is 3.44. The van der Waals surface area contributed by atoms with Crippen LogP contribution in [0.2, 0.25) is 5.15 Å². The Morgan fingerprint density at radius 3 is 2.20 bits per heavy atom. The number of rotatable bonds is 2. The highest BCUT2D eigenvalue weighted by atomic mass is 35.5. The van der Waals surface area contributed by atoms with Gasteiger partial charge >= 0.3 is 0 Å². The van der Waals surface area contributed by atoms with E-state index in [1.807, 2.05) is 13.8 Å². The third kappa shape index (κ3) is 1.65. The Hall–Kier alpha value is -0.630. The van der Waals surface area contributed by atoms with Crippen LogP contribution in [-0.4, -0.2) is 9.97 Å². The Morgan fingerprint density at radius 2 is 1.80 bits per heavy atom. The Labute approximate surface area is 96.1 Å². The van der Waals surface area contributed by atoms with Crippen molar-refractivity contribution < 1.29 is 0 Å². The molecule has 1 aromatic rings. The molecule has 0 bridgehead atoms. The van der Waals surface area contributed by atoms with E-state index < -0.39 is 0 Å². The molecule has 0 spiro atoms. The van der Waals surface area contributed by atoms with Crippen LogP contribution in [0.4, 0.5) is 0 Å². The molecule has 3 heteroatoms. The van der Waals surface area contributed by atoms with E-state index in [0.29, 0.717) is 11.1 Å². The molecule has 2 rings (SSSR count). The van der Waals surface area contributed by atoms with Gasteiger partial charge in [-0.25, -0.2) is 9.97 Å². The van der Waals surface area contributed by atoms with Crippen LogP contribution >= 0.6 is 11.6 Å². The van der Waals surface area contributed by atoms with Crippen LogP contribution in [0.3, 0.4) is 0 Å². The van der Waals surface area contributed by atoms with Gasteiger partial charge in [-0.3, -0.25) is 0 Å². The van der Waals surface area contributed by atoms with E-state index >= 15 is 0 Å². The lowest BCUT2D eigenvalue weighted by atomic mass is 9.85. The minimum atomic E-state index is 0.259. The fourth-order valence-corrected chi connectivity index (χ4v) is 2.93. The Kier molecular flexibility index (Phi) is 2.50. The first-order valence-electron chi connectivity index (χ1n) is 5.48. The van der Waals surface area contributed by atoms with Crippen molar-refractivity contribution in [2.45, 2.75) is 46.0 Å². The summed E-state index contributed by atoms with van der Waals surface area (Å²) in [5.74, 6) is 1.38. The van der Waals surface area contributed by atoms with E-state index in [9.17, 15) is 0 Å². The predicted molar refractivity (Wildman–Crippen MR) is 62.3 cm³/mol. The number of hydrogen-bond acceptors (Lipinski definition) is 2. The zero-order valence-electron chi connectivity index (χ0n) is 9.76. The van der Waals surface area contributed by atoms with Gasteiger partial charge in [-0.05, 0) is 32.6 Å². The van der Waals surface area contributed by atoms with Gasteiger partial charge in [0.2, 0.25) is 0 Å². The summed E-state index contributed by atoms with van der Waals surface area (Å²) >= 11 is 6.25. The van der Waals surface area contributed by atoms with Gasteiger partial charge in [0.15, 0.2) is 0 Å². The first kappa shape index (κ1) is 10.9. The maximum Gasteiger partial charge on any atom is 0.136 e. The van der Waals surface area contributed by atoms with Crippen LogP contribution < -0.4 is 0 Å². The van der Waals surface area contributed by atoms with Crippen molar-refractivity contribution in [3.8, 4) is 0 Å². The predicted octanol–water partition coefficient (Wildman–Crippen LogP) is 3.43. The minimum absolute atomic E-state index is 0.259. The van der Waals surface area contributed by atoms with Crippen molar-refractivity contribution >= 4 is 11.6 Å². The largest absolute Gasteiger partial charge is 0.238 e. The summed E-state index contributed by atoms with van der Waals surface area (Å²) in [5.41, 5.74) is 2.50. The molecule has 2 nitrogen and oxygen atoms in total. The van der Waals surface area contributed by atoms with Crippen LogP contribution in [0.5, 0.6) is 0 Å². The van der Waals surface area contributed by atoms with Crippen molar-refractivity contribution in [1.29, 1.82) is 0 Å². The lowest BCUT2D eigenvalue weighted by Gasteiger charge is -2.22. The molecular weight excluding hydrogens is 208 g/mol. The summed E-state index contributed by atoms with van der Waals surface area (Å²) in [7, 11) is 0. The lowest BCUT2D eigenvalue weighted by Crippen LogP contribution is -2.18. The van der Waals surface area contributed by atoms with E-state index in [0.717, 1.165) is 11.5 Å². The van der Waals surface area contributed by atoms with Gasteiger partial charge in [0.25, 0.3) is 0 Å². The molecule has 15 heavy (non-hydrogen) atoms. The second-order valence-corrected chi connectivity index (χ2v) is 5.19. The number of hydrogen-bond donors (Lipinski definition) is 0. The number of aryl methyl sites for hydroxylation is 2. The highest BCUT2D eigenvalue weighted by Crippen LogP contribution is 2.55. The maximum absolute atomic E-state index is 6.25. The van der Waals surface area contributed by atoms with Crippen molar-refractivity contribution in [2.24, 2.45) is 5.92 Å². The van der Waals surface area contributed by atoms with Crippen LogP contribution in [0.25, 0.3) is 0 Å². The van der Waals surface area contributed by atoms with E-state index in [-0.39, 0.29) is 5.41 Å². The fourth-order valence-electron chi connectivity index (χ4n) is 2.49. The smallest absolute Gasteiger partial charge is 0.136 e. The highest BCUT2D eigenvalue weighted by Gasteiger charge is 2.49. The monoisotopic (exact) mass is 224 g/mol. The maximum atomic E-state index is 6.25. The molecule has 0 saturated heterocycles. The Morgan fingerprint density at radius 1 is 1.20 bits per heavy atom. The van der Waals surface area contributed by atoms with E-state index in [4.69, 9.17) is 11.6 Å². The molecule has 1 aromatic heterocycles. The van der Waals surface area contributed by atoms with E-state index in [2.05, 4.69) is 23.8 Å². The van der Waals surface area contributed by atoms with Crippen LogP contribution in [0, 0.1) is 19.8 Å². The molecule has 82 valence electrons. The van der Waals surface area contributed by atoms with Gasteiger partial charge in [0.1, 0.15) is 11.0 Å². The molecule has 1 fully saturated rings. The van der Waals surface area contributed by atoms with Gasteiger partial charge in [0, 0.05) is 16.7 Å². The molecule has 1 aliphatic rings. The van der Waals surface area contributed by atoms with Crippen LogP contribution in [-0.2, 0) is 5.41 Å². The van der Waals surface area contributed by atoms with Gasteiger partial charge in [0.05, 0.1) is 0 Å². The minimum Gasteiger partial charge on any atom is -0.238 e. The summed E-state index contributed by atoms with van der Waals surface area (Å²) in [5, 5.41) is 0.659. The number of halogens is 1. The van der Waals surface area contributed by atoms with Gasteiger partial charge in [-0.15, -0.1) is 0 Å². The fraction of sp³-hybridized carbons (Fsp3) is 0.667. The van der Waals surface area contributed by atoms with Crippen LogP contribution in [0.15, 0.2) is 0 Å². The number of aromatic nitrogens is 2. The summed E-state index contributed by atoms with van der Waals surface area (Å²) in [6, 6.07) is 0. The zero-order valence-corrected chi connectivity index (χ0v) is 10.5. The molecule has 0 N–H and O–H groups in total.